The standard InChI is InChI=1S/C25H33ClN2O3/c1-19-10-11-21(26)22(14-19)31-18-25(30)12-7-13-28(17-25)16-23(29)27-24(2,3)15-20-8-5-4-6-9-20/h4-6,8-11,14,30H,7,12-13,15-18H2,1-3H3,(H,27,29). The van der Waals surface area contributed by atoms with Gasteiger partial charge >= 0.3 is 0 Å². The molecule has 1 heterocycles. The molecule has 1 fully saturated rings. The number of rotatable bonds is 8. The van der Waals surface area contributed by atoms with Gasteiger partial charge in [0.25, 0.3) is 0 Å². The minimum Gasteiger partial charge on any atom is -0.489 e. The molecule has 0 radical (unpaired) electrons. The second kappa shape index (κ2) is 10.0. The molecular formula is C25H33ClN2O3. The molecule has 0 bridgehead atoms. The van der Waals surface area contributed by atoms with Crippen LogP contribution in [0.5, 0.6) is 5.75 Å². The number of piperidine rings is 1. The summed E-state index contributed by atoms with van der Waals surface area (Å²) in [5, 5.41) is 14.7. The molecule has 2 aromatic carbocycles. The first-order valence-corrected chi connectivity index (χ1v) is 11.2. The molecule has 2 aromatic rings. The van der Waals surface area contributed by atoms with E-state index in [0.29, 0.717) is 23.7 Å². The number of hydrogen-bond donors (Lipinski definition) is 2. The highest BCUT2D eigenvalue weighted by Gasteiger charge is 2.35. The number of ether oxygens (including phenoxy) is 1. The molecule has 3 rings (SSSR count). The molecule has 0 aliphatic carbocycles. The minimum atomic E-state index is -1.01. The van der Waals surface area contributed by atoms with Crippen LogP contribution >= 0.6 is 11.6 Å². The lowest BCUT2D eigenvalue weighted by atomic mass is 9.93. The maximum atomic E-state index is 12.7. The Morgan fingerprint density at radius 2 is 2.00 bits per heavy atom. The number of nitrogens with zero attached hydrogens (tertiary/aromatic N) is 1. The molecule has 1 saturated heterocycles. The third-order valence-electron chi connectivity index (χ3n) is 5.55. The van der Waals surface area contributed by atoms with Gasteiger partial charge in [-0.25, -0.2) is 0 Å². The second-order valence-electron chi connectivity index (χ2n) is 9.36. The Kier molecular flexibility index (Phi) is 7.63. The lowest BCUT2D eigenvalue weighted by molar-refractivity contribution is -0.126. The number of aryl methyl sites for hydroxylation is 1. The molecule has 1 atom stereocenters. The molecule has 2 N–H and O–H groups in total. The first kappa shape index (κ1) is 23.6. The van der Waals surface area contributed by atoms with Crippen molar-refractivity contribution >= 4 is 17.5 Å². The zero-order valence-electron chi connectivity index (χ0n) is 18.7. The number of hydrogen-bond acceptors (Lipinski definition) is 4. The summed E-state index contributed by atoms with van der Waals surface area (Å²) in [6.07, 6.45) is 2.20. The first-order valence-electron chi connectivity index (χ1n) is 10.8. The van der Waals surface area contributed by atoms with Gasteiger partial charge in [-0.15, -0.1) is 0 Å². The van der Waals surface area contributed by atoms with E-state index in [1.165, 1.54) is 5.56 Å². The fourth-order valence-corrected chi connectivity index (χ4v) is 4.33. The van der Waals surface area contributed by atoms with E-state index in [1.54, 1.807) is 6.07 Å². The Balaban J connectivity index is 1.52. The largest absolute Gasteiger partial charge is 0.489 e. The van der Waals surface area contributed by atoms with Crippen molar-refractivity contribution in [3.8, 4) is 5.75 Å². The van der Waals surface area contributed by atoms with Crippen LogP contribution in [-0.2, 0) is 11.2 Å². The molecule has 1 aliphatic heterocycles. The fourth-order valence-electron chi connectivity index (χ4n) is 4.16. The predicted octanol–water partition coefficient (Wildman–Crippen LogP) is 3.99. The zero-order valence-corrected chi connectivity index (χ0v) is 19.4. The average molecular weight is 445 g/mol. The smallest absolute Gasteiger partial charge is 0.234 e. The molecule has 31 heavy (non-hydrogen) atoms. The van der Waals surface area contributed by atoms with Crippen LogP contribution in [0.25, 0.3) is 0 Å². The van der Waals surface area contributed by atoms with Gasteiger partial charge in [0.15, 0.2) is 0 Å². The van der Waals surface area contributed by atoms with Crippen molar-refractivity contribution in [2.45, 2.75) is 51.2 Å². The summed E-state index contributed by atoms with van der Waals surface area (Å²) in [5.74, 6) is 0.542. The Bertz CT molecular complexity index is 888. The first-order chi connectivity index (χ1) is 14.6. The summed E-state index contributed by atoms with van der Waals surface area (Å²) >= 11 is 6.21. The molecule has 6 heteroatoms. The van der Waals surface area contributed by atoms with Crippen LogP contribution in [0.2, 0.25) is 5.02 Å². The number of aliphatic hydroxyl groups is 1. The van der Waals surface area contributed by atoms with Gasteiger partial charge in [-0.3, -0.25) is 9.69 Å². The molecule has 0 spiro atoms. The van der Waals surface area contributed by atoms with Gasteiger partial charge in [-0.05, 0) is 69.8 Å². The molecule has 0 aromatic heterocycles. The van der Waals surface area contributed by atoms with Crippen molar-refractivity contribution in [3.63, 3.8) is 0 Å². The Morgan fingerprint density at radius 3 is 2.74 bits per heavy atom. The maximum Gasteiger partial charge on any atom is 0.234 e. The van der Waals surface area contributed by atoms with Crippen LogP contribution in [0.15, 0.2) is 48.5 Å². The number of carbonyl (C=O) groups excluding carboxylic acids is 1. The summed E-state index contributed by atoms with van der Waals surface area (Å²) in [4.78, 5) is 14.7. The van der Waals surface area contributed by atoms with Crippen molar-refractivity contribution < 1.29 is 14.6 Å². The van der Waals surface area contributed by atoms with E-state index in [9.17, 15) is 9.90 Å². The van der Waals surface area contributed by atoms with Gasteiger partial charge in [-0.2, -0.15) is 0 Å². The number of benzene rings is 2. The van der Waals surface area contributed by atoms with Crippen molar-refractivity contribution in [2.24, 2.45) is 0 Å². The fraction of sp³-hybridized carbons (Fsp3) is 0.480. The summed E-state index contributed by atoms with van der Waals surface area (Å²) in [5.41, 5.74) is 0.874. The highest BCUT2D eigenvalue weighted by Crippen LogP contribution is 2.28. The Labute approximate surface area is 190 Å². The van der Waals surface area contributed by atoms with Crippen molar-refractivity contribution in [1.29, 1.82) is 0 Å². The Morgan fingerprint density at radius 1 is 1.26 bits per heavy atom. The monoisotopic (exact) mass is 444 g/mol. The molecule has 1 unspecified atom stereocenters. The lowest BCUT2D eigenvalue weighted by Crippen LogP contribution is -2.55. The van der Waals surface area contributed by atoms with Gasteiger partial charge in [0.05, 0.1) is 11.6 Å². The number of nitrogens with one attached hydrogen (secondary N) is 1. The number of β-amino-alcohol motifs (C(OH)–C–C–N with tert-alkyl or cyclic N) is 1. The van der Waals surface area contributed by atoms with Crippen LogP contribution in [-0.4, -0.2) is 53.3 Å². The van der Waals surface area contributed by atoms with Gasteiger partial charge in [0, 0.05) is 12.1 Å². The molecule has 168 valence electrons. The van der Waals surface area contributed by atoms with E-state index in [-0.39, 0.29) is 24.6 Å². The molecular weight excluding hydrogens is 412 g/mol. The summed E-state index contributed by atoms with van der Waals surface area (Å²) in [6, 6.07) is 15.7. The highest BCUT2D eigenvalue weighted by molar-refractivity contribution is 6.32. The minimum absolute atomic E-state index is 0.0344. The SMILES string of the molecule is Cc1ccc(Cl)c(OCC2(O)CCCN(CC(=O)NC(C)(C)Cc3ccccc3)C2)c1. The molecule has 0 saturated carbocycles. The number of carbonyl (C=O) groups is 1. The third-order valence-corrected chi connectivity index (χ3v) is 5.86. The average Bonchev–Trinajstić information content (AvgIpc) is 2.68. The molecule has 1 amide bonds. The van der Waals surface area contributed by atoms with Crippen LogP contribution in [0.1, 0.15) is 37.8 Å². The van der Waals surface area contributed by atoms with Crippen LogP contribution in [0.4, 0.5) is 0 Å². The number of amides is 1. The number of halogens is 1. The van der Waals surface area contributed by atoms with Crippen molar-refractivity contribution in [3.05, 3.63) is 64.7 Å². The van der Waals surface area contributed by atoms with E-state index >= 15 is 0 Å². The lowest BCUT2D eigenvalue weighted by Gasteiger charge is -2.39. The summed E-state index contributed by atoms with van der Waals surface area (Å²) in [6.45, 7) is 7.61. The van der Waals surface area contributed by atoms with E-state index in [4.69, 9.17) is 16.3 Å². The van der Waals surface area contributed by atoms with Gasteiger partial charge < -0.3 is 15.2 Å². The van der Waals surface area contributed by atoms with Crippen LogP contribution in [0.3, 0.4) is 0 Å². The van der Waals surface area contributed by atoms with Crippen LogP contribution < -0.4 is 10.1 Å². The van der Waals surface area contributed by atoms with E-state index in [1.807, 2.05) is 56.0 Å². The van der Waals surface area contributed by atoms with E-state index in [0.717, 1.165) is 24.9 Å². The summed E-state index contributed by atoms with van der Waals surface area (Å²) in [7, 11) is 0. The zero-order chi connectivity index (χ0) is 22.5. The maximum absolute atomic E-state index is 12.7. The number of likely N-dealkylation sites (tertiary alicyclic amines) is 1. The predicted molar refractivity (Wildman–Crippen MR) is 125 cm³/mol. The van der Waals surface area contributed by atoms with E-state index < -0.39 is 5.60 Å². The highest BCUT2D eigenvalue weighted by atomic mass is 35.5. The van der Waals surface area contributed by atoms with Gasteiger partial charge in [0.1, 0.15) is 18.0 Å². The topological polar surface area (TPSA) is 61.8 Å². The molecule has 5 nitrogen and oxygen atoms in total. The third kappa shape index (κ3) is 7.23. The second-order valence-corrected chi connectivity index (χ2v) is 9.76. The van der Waals surface area contributed by atoms with Crippen molar-refractivity contribution in [1.82, 2.24) is 10.2 Å². The van der Waals surface area contributed by atoms with E-state index in [2.05, 4.69) is 17.4 Å². The Hall–Kier alpha value is -2.08. The van der Waals surface area contributed by atoms with Crippen molar-refractivity contribution in [2.75, 3.05) is 26.2 Å². The summed E-state index contributed by atoms with van der Waals surface area (Å²) < 4.78 is 5.85. The quantitative estimate of drug-likeness (QED) is 0.646. The van der Waals surface area contributed by atoms with Gasteiger partial charge in [0.2, 0.25) is 5.91 Å². The van der Waals surface area contributed by atoms with Crippen LogP contribution in [0, 0.1) is 6.92 Å². The molecule has 1 aliphatic rings. The normalized spacial score (nSPS) is 19.8. The van der Waals surface area contributed by atoms with Gasteiger partial charge in [-0.1, -0.05) is 48.0 Å².